The maximum atomic E-state index is 11.4. The van der Waals surface area contributed by atoms with Crippen molar-refractivity contribution in [2.24, 2.45) is 51.8 Å². The van der Waals surface area contributed by atoms with Crippen LogP contribution in [-0.4, -0.2) is 152 Å². The highest BCUT2D eigenvalue weighted by atomic mass is 16.6. The van der Waals surface area contributed by atoms with E-state index in [1.807, 2.05) is 0 Å². The highest BCUT2D eigenvalue weighted by Gasteiger charge is 2.50. The molecule has 2 fully saturated rings. The molecule has 0 bridgehead atoms. The summed E-state index contributed by atoms with van der Waals surface area (Å²) in [6.45, 7) is 10.7. The lowest BCUT2D eigenvalue weighted by Gasteiger charge is -2.27. The van der Waals surface area contributed by atoms with Gasteiger partial charge in [-0.1, -0.05) is 42.2 Å². The maximum Gasteiger partial charge on any atom is 0.338 e. The van der Waals surface area contributed by atoms with Crippen molar-refractivity contribution in [1.29, 1.82) is 0 Å². The number of carboxylic acid groups (broad SMARTS) is 10. The first-order valence-corrected chi connectivity index (χ1v) is 20.1. The van der Waals surface area contributed by atoms with Crippen LogP contribution in [0, 0.1) is 51.8 Å². The fraction of sp³-hybridized carbons (Fsp3) is 0.545. The van der Waals surface area contributed by atoms with E-state index in [2.05, 4.69) is 20.8 Å². The lowest BCUT2D eigenvalue weighted by Crippen LogP contribution is -2.38. The molecule has 9 atom stereocenters. The highest BCUT2D eigenvalue weighted by molar-refractivity contribution is 6.05. The Bertz CT molecular complexity index is 2130. The van der Waals surface area contributed by atoms with Crippen LogP contribution in [0.2, 0.25) is 0 Å². The SMILES string of the molecule is C.C.C=C(CC(=O)O)C(=O)O.CC(C(=O)O)C(CC(C)(CC(=O)O)C(=O)O)C(=O)O.CC1C(=O)OC(=O)C1CC(C)(CC(=O)O)C(=O)O.CC1C(=O)OC(=O)C1CC(C)(CC(=O)O)C(=O)O.O.O=C1C=CC(=O)O1. The number of carbonyl (C=O) groups is 16. The number of carbonyl (C=O) groups excluding carboxylic acids is 6. The average molecular weight is 1070 g/mol. The molecule has 0 radical (unpaired) electrons. The Morgan fingerprint density at radius 2 is 0.838 bits per heavy atom. The molecule has 0 aromatic carbocycles. The third-order valence-corrected chi connectivity index (χ3v) is 10.7. The summed E-state index contributed by atoms with van der Waals surface area (Å²) in [6, 6.07) is 0. The van der Waals surface area contributed by atoms with Gasteiger partial charge in [0.1, 0.15) is 0 Å². The fourth-order valence-corrected chi connectivity index (χ4v) is 6.17. The molecule has 3 aliphatic heterocycles. The van der Waals surface area contributed by atoms with Gasteiger partial charge in [0.2, 0.25) is 0 Å². The van der Waals surface area contributed by atoms with Crippen LogP contribution in [0.25, 0.3) is 0 Å². The van der Waals surface area contributed by atoms with Crippen LogP contribution < -0.4 is 0 Å². The summed E-state index contributed by atoms with van der Waals surface area (Å²) in [5, 5.41) is 87.1. The molecule has 2 saturated heterocycles. The van der Waals surface area contributed by atoms with E-state index < -0.39 is 179 Å². The van der Waals surface area contributed by atoms with Crippen molar-refractivity contribution >= 4 is 95.5 Å². The topological polar surface area (TPSA) is 535 Å². The molecule has 3 aliphatic rings. The lowest BCUT2D eigenvalue weighted by molar-refractivity contribution is -0.161. The number of hydrogen-bond acceptors (Lipinski definition) is 19. The molecule has 0 amide bonds. The van der Waals surface area contributed by atoms with Crippen LogP contribution in [0.3, 0.4) is 0 Å². The summed E-state index contributed by atoms with van der Waals surface area (Å²) < 4.78 is 12.8. The molecule has 30 heteroatoms. The molecule has 3 heterocycles. The molecule has 12 N–H and O–H groups in total. The van der Waals surface area contributed by atoms with Crippen LogP contribution >= 0.6 is 0 Å². The fourth-order valence-electron chi connectivity index (χ4n) is 6.17. The normalized spacial score (nSPS) is 20.0. The Balaban J connectivity index is -0.000000275. The summed E-state index contributed by atoms with van der Waals surface area (Å²) in [5.41, 5.74) is -5.34. The quantitative estimate of drug-likeness (QED) is 0.0333. The van der Waals surface area contributed by atoms with E-state index >= 15 is 0 Å². The van der Waals surface area contributed by atoms with Gasteiger partial charge in [0, 0.05) is 17.7 Å². The minimum atomic E-state index is -1.83. The molecule has 0 saturated carbocycles. The van der Waals surface area contributed by atoms with Crippen molar-refractivity contribution in [2.45, 2.75) is 101 Å². The molecule has 3 rings (SSSR count). The van der Waals surface area contributed by atoms with Crippen molar-refractivity contribution in [2.75, 3.05) is 0 Å². The first-order valence-electron chi connectivity index (χ1n) is 20.1. The zero-order valence-electron chi connectivity index (χ0n) is 39.0. The monoisotopic (exact) mass is 1070 g/mol. The number of hydrogen-bond donors (Lipinski definition) is 10. The van der Waals surface area contributed by atoms with Gasteiger partial charge in [-0.2, -0.15) is 0 Å². The summed E-state index contributed by atoms with van der Waals surface area (Å²) in [6.07, 6.45) is -1.39. The predicted molar refractivity (Wildman–Crippen MR) is 240 cm³/mol. The van der Waals surface area contributed by atoms with Crippen LogP contribution in [-0.2, 0) is 90.9 Å². The number of aliphatic carboxylic acids is 10. The van der Waals surface area contributed by atoms with Crippen LogP contribution in [0.15, 0.2) is 24.3 Å². The molecule has 9 unspecified atom stereocenters. The largest absolute Gasteiger partial charge is 0.481 e. The summed E-state index contributed by atoms with van der Waals surface area (Å²) in [4.78, 5) is 172. The van der Waals surface area contributed by atoms with Gasteiger partial charge in [-0.3, -0.25) is 62.3 Å². The van der Waals surface area contributed by atoms with Crippen LogP contribution in [0.4, 0.5) is 0 Å². The Hall–Kier alpha value is -8.44. The van der Waals surface area contributed by atoms with Crippen LogP contribution in [0.1, 0.15) is 101 Å². The van der Waals surface area contributed by atoms with Gasteiger partial charge >= 0.3 is 95.5 Å². The van der Waals surface area contributed by atoms with E-state index in [1.165, 1.54) is 27.7 Å². The molecule has 30 nitrogen and oxygen atoms in total. The van der Waals surface area contributed by atoms with Crippen molar-refractivity contribution < 1.29 is 147 Å². The second-order valence-electron chi connectivity index (χ2n) is 16.8. The molecular weight excluding hydrogens is 1010 g/mol. The van der Waals surface area contributed by atoms with E-state index in [-0.39, 0.29) is 38.7 Å². The van der Waals surface area contributed by atoms with Crippen molar-refractivity contribution in [3.63, 3.8) is 0 Å². The third kappa shape index (κ3) is 24.6. The second kappa shape index (κ2) is 31.8. The first kappa shape index (κ1) is 74.5. The minimum Gasteiger partial charge on any atom is -0.481 e. The zero-order chi connectivity index (χ0) is 56.3. The smallest absolute Gasteiger partial charge is 0.338 e. The molecular formula is C44H62O30. The Kier molecular flexibility index (Phi) is 32.0. The number of esters is 6. The second-order valence-corrected chi connectivity index (χ2v) is 16.8. The average Bonchev–Trinajstić information content (AvgIpc) is 3.79. The van der Waals surface area contributed by atoms with Gasteiger partial charge in [-0.15, -0.1) is 0 Å². The van der Waals surface area contributed by atoms with Crippen LogP contribution in [0.5, 0.6) is 0 Å². The predicted octanol–water partition coefficient (Wildman–Crippen LogP) is 1.09. The lowest BCUT2D eigenvalue weighted by atomic mass is 9.74. The minimum absolute atomic E-state index is 0. The molecule has 418 valence electrons. The Labute approximate surface area is 419 Å². The van der Waals surface area contributed by atoms with Gasteiger partial charge in [-0.05, 0) is 40.0 Å². The van der Waals surface area contributed by atoms with Gasteiger partial charge in [0.05, 0.1) is 77.4 Å². The molecule has 0 aromatic heterocycles. The molecule has 0 aliphatic carbocycles. The summed E-state index contributed by atoms with van der Waals surface area (Å²) in [7, 11) is 0. The van der Waals surface area contributed by atoms with E-state index in [4.69, 9.17) is 51.1 Å². The van der Waals surface area contributed by atoms with Crippen molar-refractivity contribution in [1.82, 2.24) is 0 Å². The molecule has 0 aromatic rings. The van der Waals surface area contributed by atoms with E-state index in [0.29, 0.717) is 0 Å². The standard InChI is InChI=1S/C11H16O8.2C11H14O7.C5H6O4.C4H2O3.2CH4.H2O/c1-5(8(14)15)6(9(16)17)3-11(2,10(18)19)4-7(12)13;2*1-5-6(9(15)18-8(5)14)3-11(2,10(16)17)4-7(12)13;1-3(5(8)9)2-4(6)7;5-3-1-2-4(6)7-3;;;/h5-6H,3-4H2,1-2H3,(H,12,13)(H,14,15)(H,16,17)(H,18,19);2*5-6H,3-4H2,1-2H3,(H,12,13)(H,16,17);1-2H2,(H,6,7)(H,8,9);1-2H;2*1H4;1H2. The van der Waals surface area contributed by atoms with Crippen molar-refractivity contribution in [3.05, 3.63) is 24.3 Å². The zero-order valence-corrected chi connectivity index (χ0v) is 39.0. The summed E-state index contributed by atoms with van der Waals surface area (Å²) in [5.74, 6) is -23.6. The van der Waals surface area contributed by atoms with Gasteiger partial charge in [-0.25, -0.2) is 14.4 Å². The van der Waals surface area contributed by atoms with E-state index in [1.54, 1.807) is 0 Å². The van der Waals surface area contributed by atoms with E-state index in [0.717, 1.165) is 26.0 Å². The number of cyclic esters (lactones) is 6. The molecule has 0 spiro atoms. The van der Waals surface area contributed by atoms with Gasteiger partial charge in [0.15, 0.2) is 0 Å². The third-order valence-electron chi connectivity index (χ3n) is 10.7. The highest BCUT2D eigenvalue weighted by Crippen LogP contribution is 2.39. The number of rotatable bonds is 21. The van der Waals surface area contributed by atoms with E-state index in [9.17, 15) is 76.7 Å². The van der Waals surface area contributed by atoms with Crippen molar-refractivity contribution in [3.8, 4) is 0 Å². The first-order chi connectivity index (χ1) is 32.2. The Morgan fingerprint density at radius 1 is 0.527 bits per heavy atom. The van der Waals surface area contributed by atoms with Gasteiger partial charge in [0.25, 0.3) is 0 Å². The number of ether oxygens (including phenoxy) is 3. The number of carboxylic acids is 10. The Morgan fingerprint density at radius 3 is 1.01 bits per heavy atom. The summed E-state index contributed by atoms with van der Waals surface area (Å²) >= 11 is 0. The molecule has 74 heavy (non-hydrogen) atoms. The van der Waals surface area contributed by atoms with Gasteiger partial charge < -0.3 is 70.8 Å². The maximum absolute atomic E-state index is 11.4.